The van der Waals surface area contributed by atoms with Crippen LogP contribution in [0.3, 0.4) is 0 Å². The molecule has 7 rings (SSSR count). The van der Waals surface area contributed by atoms with Gasteiger partial charge in [0.25, 0.3) is 5.91 Å². The Labute approximate surface area is 270 Å². The molecule has 3 aromatic rings. The van der Waals surface area contributed by atoms with Gasteiger partial charge < -0.3 is 19.4 Å². The van der Waals surface area contributed by atoms with Crippen molar-refractivity contribution in [2.24, 2.45) is 0 Å². The summed E-state index contributed by atoms with van der Waals surface area (Å²) < 4.78 is 67.4. The second-order valence-electron chi connectivity index (χ2n) is 13.1. The average Bonchev–Trinajstić information content (AvgIpc) is 3.59. The first kappa shape index (κ1) is 31.4. The van der Waals surface area contributed by atoms with Crippen molar-refractivity contribution in [3.63, 3.8) is 0 Å². The molecule has 4 aliphatic rings. The van der Waals surface area contributed by atoms with Crippen LogP contribution >= 0.6 is 0 Å². The lowest BCUT2D eigenvalue weighted by atomic mass is 9.85. The molecule has 3 atom stereocenters. The number of fused-ring (bicyclic) bond motifs is 3. The van der Waals surface area contributed by atoms with Crippen molar-refractivity contribution in [1.82, 2.24) is 19.8 Å². The Morgan fingerprint density at radius 1 is 1.13 bits per heavy atom. The number of aromatic nitrogens is 2. The molecule has 3 fully saturated rings. The Morgan fingerprint density at radius 2 is 1.96 bits per heavy atom. The number of carbonyl (C=O) groups is 1. The second kappa shape index (κ2) is 12.4. The third-order valence-electron chi connectivity index (χ3n) is 10.3. The molecule has 8 nitrogen and oxygen atoms in total. The molecule has 0 unspecified atom stereocenters. The molecular formula is C35H36F4N6O2. The summed E-state index contributed by atoms with van der Waals surface area (Å²) in [5.41, 5.74) is 1.72. The molecule has 3 saturated heterocycles. The summed E-state index contributed by atoms with van der Waals surface area (Å²) in [6, 6.07) is 5.95. The number of anilines is 1. The van der Waals surface area contributed by atoms with E-state index in [9.17, 15) is 13.6 Å². The third kappa shape index (κ3) is 5.58. The quantitative estimate of drug-likeness (QED) is 0.183. The number of benzene rings is 2. The van der Waals surface area contributed by atoms with Gasteiger partial charge in [-0.25, -0.2) is 24.1 Å². The van der Waals surface area contributed by atoms with E-state index in [1.165, 1.54) is 11.0 Å². The molecule has 0 radical (unpaired) electrons. The van der Waals surface area contributed by atoms with Gasteiger partial charge in [-0.1, -0.05) is 24.8 Å². The maximum absolute atomic E-state index is 16.8. The van der Waals surface area contributed by atoms with E-state index >= 15 is 8.78 Å². The highest BCUT2D eigenvalue weighted by atomic mass is 19.1. The van der Waals surface area contributed by atoms with Crippen molar-refractivity contribution in [2.75, 3.05) is 50.8 Å². The maximum atomic E-state index is 16.8. The zero-order chi connectivity index (χ0) is 32.9. The van der Waals surface area contributed by atoms with Gasteiger partial charge in [-0.15, -0.1) is 0 Å². The molecule has 0 N–H and O–H groups in total. The highest BCUT2D eigenvalue weighted by Crippen LogP contribution is 2.42. The number of halogens is 4. The zero-order valence-electron chi connectivity index (χ0n) is 26.1. The van der Waals surface area contributed by atoms with Crippen LogP contribution in [0.15, 0.2) is 36.7 Å². The fourth-order valence-corrected chi connectivity index (χ4v) is 8.11. The smallest absolute Gasteiger partial charge is 0.319 e. The van der Waals surface area contributed by atoms with Crippen LogP contribution in [0.5, 0.6) is 6.01 Å². The molecule has 0 saturated carbocycles. The number of carbonyl (C=O) groups excluding carboxylic acids is 1. The van der Waals surface area contributed by atoms with Crippen molar-refractivity contribution in [2.45, 2.75) is 62.7 Å². The number of piperazine rings is 1. The monoisotopic (exact) mass is 648 g/mol. The molecule has 2 aromatic carbocycles. The van der Waals surface area contributed by atoms with Crippen molar-refractivity contribution in [3.8, 4) is 17.1 Å². The lowest BCUT2D eigenvalue weighted by Crippen LogP contribution is -2.56. The van der Waals surface area contributed by atoms with Crippen LogP contribution in [0.25, 0.3) is 26.9 Å². The Kier molecular flexibility index (Phi) is 8.28. The van der Waals surface area contributed by atoms with Gasteiger partial charge in [0, 0.05) is 38.0 Å². The topological polar surface area (TPSA) is 66.2 Å². The van der Waals surface area contributed by atoms with Crippen LogP contribution < -0.4 is 9.64 Å². The summed E-state index contributed by atoms with van der Waals surface area (Å²) in [6.45, 7) is 11.9. The number of alkyl halides is 1. The Bertz CT molecular complexity index is 1800. The first-order chi connectivity index (χ1) is 22.7. The number of rotatable bonds is 7. The lowest BCUT2D eigenvalue weighted by molar-refractivity contribution is -0.131. The minimum absolute atomic E-state index is 0.0405. The normalized spacial score (nSPS) is 24.2. The van der Waals surface area contributed by atoms with E-state index in [4.69, 9.17) is 11.3 Å². The molecule has 47 heavy (non-hydrogen) atoms. The number of hydrogen-bond acceptors (Lipinski definition) is 6. The van der Waals surface area contributed by atoms with Crippen LogP contribution in [-0.4, -0.2) is 89.3 Å². The third-order valence-corrected chi connectivity index (χ3v) is 10.3. The lowest BCUT2D eigenvalue weighted by Gasteiger charge is -2.39. The largest absolute Gasteiger partial charge is 0.461 e. The molecule has 1 aliphatic carbocycles. The molecular weight excluding hydrogens is 612 g/mol. The molecule has 0 spiro atoms. The van der Waals surface area contributed by atoms with Crippen LogP contribution in [-0.2, 0) is 17.6 Å². The van der Waals surface area contributed by atoms with Crippen LogP contribution in [0.2, 0.25) is 0 Å². The first-order valence-electron chi connectivity index (χ1n) is 16.3. The van der Waals surface area contributed by atoms with E-state index in [0.717, 1.165) is 56.2 Å². The highest BCUT2D eigenvalue weighted by Gasteiger charge is 2.49. The van der Waals surface area contributed by atoms with Gasteiger partial charge in [-0.3, -0.25) is 9.69 Å². The summed E-state index contributed by atoms with van der Waals surface area (Å²) in [5, 5.41) is 0.113. The maximum Gasteiger partial charge on any atom is 0.319 e. The van der Waals surface area contributed by atoms with E-state index in [1.54, 1.807) is 11.0 Å². The van der Waals surface area contributed by atoms with Crippen LogP contribution in [0, 0.1) is 18.2 Å². The second-order valence-corrected chi connectivity index (χ2v) is 13.1. The number of hydrogen-bond donors (Lipinski definition) is 0. The van der Waals surface area contributed by atoms with E-state index in [2.05, 4.69) is 26.3 Å². The van der Waals surface area contributed by atoms with E-state index < -0.39 is 41.1 Å². The SMILES string of the molecule is [C-]#[N+]C[C@H]1CN(c2nc(OC[C@@]34CCCN3C[C@H](F)C4)nc3c(F)c(-c4cccc5c4CCCC5)c(F)cc23)CCN1C(=O)C(=C)F. The summed E-state index contributed by atoms with van der Waals surface area (Å²) in [6.07, 6.45) is 4.54. The van der Waals surface area contributed by atoms with Crippen LogP contribution in [0.1, 0.15) is 43.2 Å². The van der Waals surface area contributed by atoms with E-state index in [-0.39, 0.29) is 61.1 Å². The predicted molar refractivity (Wildman–Crippen MR) is 170 cm³/mol. The predicted octanol–water partition coefficient (Wildman–Crippen LogP) is 5.83. The van der Waals surface area contributed by atoms with Gasteiger partial charge in [0.15, 0.2) is 11.6 Å². The molecule has 1 amide bonds. The summed E-state index contributed by atoms with van der Waals surface area (Å²) in [5.74, 6) is -3.43. The summed E-state index contributed by atoms with van der Waals surface area (Å²) in [4.78, 5) is 30.2. The Morgan fingerprint density at radius 3 is 2.77 bits per heavy atom. The minimum atomic E-state index is -1.13. The summed E-state index contributed by atoms with van der Waals surface area (Å²) >= 11 is 0. The van der Waals surface area contributed by atoms with Crippen molar-refractivity contribution in [3.05, 3.63) is 70.8 Å². The molecule has 4 heterocycles. The van der Waals surface area contributed by atoms with Gasteiger partial charge >= 0.3 is 6.01 Å². The van der Waals surface area contributed by atoms with Gasteiger partial charge in [-0.05, 0) is 67.8 Å². The molecule has 1 aromatic heterocycles. The van der Waals surface area contributed by atoms with Gasteiger partial charge in [0.05, 0.1) is 11.1 Å². The molecule has 0 bridgehead atoms. The molecule has 12 heteroatoms. The van der Waals surface area contributed by atoms with E-state index in [1.807, 2.05) is 12.1 Å². The highest BCUT2D eigenvalue weighted by molar-refractivity contribution is 5.95. The van der Waals surface area contributed by atoms with Gasteiger partial charge in [0.2, 0.25) is 6.54 Å². The van der Waals surface area contributed by atoms with Crippen molar-refractivity contribution >= 4 is 22.6 Å². The number of ether oxygens (including phenoxy) is 1. The van der Waals surface area contributed by atoms with Gasteiger partial charge in [0.1, 0.15) is 36.0 Å². The fraction of sp³-hybridized carbons (Fsp3) is 0.486. The zero-order valence-corrected chi connectivity index (χ0v) is 26.1. The van der Waals surface area contributed by atoms with E-state index in [0.29, 0.717) is 18.5 Å². The van der Waals surface area contributed by atoms with Crippen molar-refractivity contribution in [1.29, 1.82) is 0 Å². The first-order valence-corrected chi connectivity index (χ1v) is 16.3. The standard InChI is InChI=1S/C35H36F4N6O2/c1-21(36)33(46)45-14-13-43(19-24(45)17-40-2)32-27-15-28(38)29(26-10-5-8-22-7-3-4-9-25(22)26)30(39)31(27)41-34(42-32)47-20-35-11-6-12-44(35)18-23(37)16-35/h5,8,10,15,23-24H,1,3-4,6-7,9,11-14,16-20H2/t23-,24+,35+/m1/s1. The molecule has 3 aliphatic heterocycles. The summed E-state index contributed by atoms with van der Waals surface area (Å²) in [7, 11) is 0. The van der Waals surface area contributed by atoms with Gasteiger partial charge in [-0.2, -0.15) is 9.97 Å². The average molecular weight is 649 g/mol. The fourth-order valence-electron chi connectivity index (χ4n) is 8.11. The number of nitrogens with zero attached hydrogens (tertiary/aromatic N) is 6. The Hall–Kier alpha value is -4.24. The molecule has 246 valence electrons. The van der Waals surface area contributed by atoms with Crippen molar-refractivity contribution < 1.29 is 27.1 Å². The number of amides is 1. The Balaban J connectivity index is 1.33. The minimum Gasteiger partial charge on any atom is -0.461 e. The number of aryl methyl sites for hydroxylation is 1. The van der Waals surface area contributed by atoms with Crippen LogP contribution in [0.4, 0.5) is 23.4 Å².